The Morgan fingerprint density at radius 2 is 2.11 bits per heavy atom. The molecule has 0 saturated heterocycles. The van der Waals surface area contributed by atoms with Gasteiger partial charge in [0.1, 0.15) is 11.2 Å². The smallest absolute Gasteiger partial charge is 0.220 e. The molecule has 1 aliphatic rings. The van der Waals surface area contributed by atoms with E-state index in [0.29, 0.717) is 5.69 Å². The van der Waals surface area contributed by atoms with Crippen LogP contribution in [0, 0.1) is 5.53 Å². The van der Waals surface area contributed by atoms with Gasteiger partial charge in [-0.3, -0.25) is 4.90 Å². The molecule has 0 spiro atoms. The fourth-order valence-corrected chi connectivity index (χ4v) is 2.00. The van der Waals surface area contributed by atoms with E-state index in [1.807, 2.05) is 19.9 Å². The first-order valence-electron chi connectivity index (χ1n) is 5.61. The molecule has 0 amide bonds. The van der Waals surface area contributed by atoms with Gasteiger partial charge in [-0.2, -0.15) is 4.99 Å². The van der Waals surface area contributed by atoms with Gasteiger partial charge in [-0.15, -0.1) is 0 Å². The van der Waals surface area contributed by atoms with Gasteiger partial charge in [-0.05, 0) is 32.0 Å². The number of hydrogen-bond donors (Lipinski definition) is 3. The average Bonchev–Trinajstić information content (AvgIpc) is 2.27. The second kappa shape index (κ2) is 4.51. The van der Waals surface area contributed by atoms with Gasteiger partial charge in [0.2, 0.25) is 16.8 Å². The summed E-state index contributed by atoms with van der Waals surface area (Å²) in [6.07, 6.45) is 0. The molecular formula is C11H15N8+. The minimum Gasteiger partial charge on any atom is -0.369 e. The fourth-order valence-electron chi connectivity index (χ4n) is 2.00. The molecule has 8 heteroatoms. The summed E-state index contributed by atoms with van der Waals surface area (Å²) >= 11 is 0. The lowest BCUT2D eigenvalue weighted by molar-refractivity contribution is 0.534. The van der Waals surface area contributed by atoms with Gasteiger partial charge in [-0.1, -0.05) is 6.07 Å². The SMILES string of the molecule is CC1(C)N=C(N)N=C(N)N1c1cccc(N=[N+]=N)c1. The summed E-state index contributed by atoms with van der Waals surface area (Å²) in [7, 11) is 0. The molecule has 8 nitrogen and oxygen atoms in total. The van der Waals surface area contributed by atoms with Crippen molar-refractivity contribution in [1.82, 2.24) is 4.91 Å². The molecular weight excluding hydrogens is 244 g/mol. The second-order valence-corrected chi connectivity index (χ2v) is 4.49. The van der Waals surface area contributed by atoms with Gasteiger partial charge in [0.25, 0.3) is 0 Å². The molecule has 0 saturated carbocycles. The fraction of sp³-hybridized carbons (Fsp3) is 0.273. The van der Waals surface area contributed by atoms with Crippen LogP contribution in [-0.4, -0.2) is 17.6 Å². The maximum atomic E-state index is 6.76. The standard InChI is InChI=1S/C11H15N8/c1-11(2)16-9(12)15-10(13)19(11)8-5-3-4-7(6-8)17-18-14/h3-6,14H,1-2H3,(H4,12,13,15,16)/q+1. The van der Waals surface area contributed by atoms with E-state index in [0.717, 1.165) is 5.69 Å². The van der Waals surface area contributed by atoms with Gasteiger partial charge in [0.15, 0.2) is 10.8 Å². The van der Waals surface area contributed by atoms with Gasteiger partial charge < -0.3 is 11.5 Å². The Bertz CT molecular complexity index is 609. The molecule has 0 radical (unpaired) electrons. The quantitative estimate of drug-likeness (QED) is 0.542. The zero-order valence-electron chi connectivity index (χ0n) is 10.7. The summed E-state index contributed by atoms with van der Waals surface area (Å²) in [5, 5.41) is 3.67. The monoisotopic (exact) mass is 259 g/mol. The summed E-state index contributed by atoms with van der Waals surface area (Å²) < 4.78 is 0. The van der Waals surface area contributed by atoms with Crippen molar-refractivity contribution in [2.75, 3.05) is 4.90 Å². The largest absolute Gasteiger partial charge is 0.369 e. The molecule has 1 aromatic carbocycles. The molecule has 1 aliphatic heterocycles. The maximum absolute atomic E-state index is 6.76. The highest BCUT2D eigenvalue weighted by molar-refractivity contribution is 6.05. The number of anilines is 1. The van der Waals surface area contributed by atoms with E-state index in [-0.39, 0.29) is 11.9 Å². The van der Waals surface area contributed by atoms with E-state index in [2.05, 4.69) is 20.0 Å². The summed E-state index contributed by atoms with van der Waals surface area (Å²) in [4.78, 5) is 13.0. The van der Waals surface area contributed by atoms with Crippen LogP contribution in [0.3, 0.4) is 0 Å². The Morgan fingerprint density at radius 3 is 2.74 bits per heavy atom. The molecule has 0 aliphatic carbocycles. The Hall–Kier alpha value is -2.73. The van der Waals surface area contributed by atoms with Crippen LogP contribution in [-0.2, 0) is 0 Å². The zero-order valence-corrected chi connectivity index (χ0v) is 10.7. The molecule has 19 heavy (non-hydrogen) atoms. The van der Waals surface area contributed by atoms with E-state index in [1.54, 1.807) is 23.1 Å². The third-order valence-electron chi connectivity index (χ3n) is 2.65. The van der Waals surface area contributed by atoms with Crippen molar-refractivity contribution in [3.63, 3.8) is 0 Å². The van der Waals surface area contributed by atoms with E-state index < -0.39 is 5.66 Å². The van der Waals surface area contributed by atoms with Crippen molar-refractivity contribution in [3.05, 3.63) is 24.3 Å². The highest BCUT2D eigenvalue weighted by Gasteiger charge is 2.33. The van der Waals surface area contributed by atoms with Gasteiger partial charge >= 0.3 is 0 Å². The van der Waals surface area contributed by atoms with Crippen molar-refractivity contribution in [3.8, 4) is 0 Å². The number of rotatable bonds is 2. The van der Waals surface area contributed by atoms with E-state index in [9.17, 15) is 0 Å². The highest BCUT2D eigenvalue weighted by Crippen LogP contribution is 2.29. The Morgan fingerprint density at radius 1 is 1.37 bits per heavy atom. The number of aliphatic imine (C=N–C) groups is 2. The number of benzene rings is 1. The Kier molecular flexibility index (Phi) is 3.02. The van der Waals surface area contributed by atoms with E-state index in [4.69, 9.17) is 17.0 Å². The first-order chi connectivity index (χ1) is 8.94. The average molecular weight is 259 g/mol. The molecule has 2 rings (SSSR count). The van der Waals surface area contributed by atoms with Crippen LogP contribution in [0.25, 0.3) is 0 Å². The molecule has 0 aromatic heterocycles. The van der Waals surface area contributed by atoms with Crippen molar-refractivity contribution < 1.29 is 0 Å². The highest BCUT2D eigenvalue weighted by atomic mass is 15.4. The molecule has 5 N–H and O–H groups in total. The van der Waals surface area contributed by atoms with Crippen LogP contribution in [0.5, 0.6) is 0 Å². The molecule has 0 fully saturated rings. The summed E-state index contributed by atoms with van der Waals surface area (Å²) in [6, 6.07) is 7.14. The summed E-state index contributed by atoms with van der Waals surface area (Å²) in [5.41, 5.74) is 19.0. The lowest BCUT2D eigenvalue weighted by atomic mass is 10.1. The Balaban J connectivity index is 2.49. The zero-order chi connectivity index (χ0) is 14.0. The maximum Gasteiger partial charge on any atom is 0.220 e. The van der Waals surface area contributed by atoms with Crippen LogP contribution in [0.15, 0.2) is 39.4 Å². The normalized spacial score (nSPS) is 17.3. The van der Waals surface area contributed by atoms with Crippen LogP contribution in [0.1, 0.15) is 13.8 Å². The minimum absolute atomic E-state index is 0.153. The van der Waals surface area contributed by atoms with Crippen LogP contribution in [0.2, 0.25) is 0 Å². The van der Waals surface area contributed by atoms with Crippen LogP contribution < -0.4 is 21.3 Å². The summed E-state index contributed by atoms with van der Waals surface area (Å²) in [6.45, 7) is 3.75. The number of nitrogens with zero attached hydrogens (tertiary/aromatic N) is 5. The van der Waals surface area contributed by atoms with E-state index in [1.165, 1.54) is 0 Å². The predicted molar refractivity (Wildman–Crippen MR) is 73.2 cm³/mol. The van der Waals surface area contributed by atoms with Gasteiger partial charge in [-0.25, -0.2) is 4.99 Å². The molecule has 1 aromatic rings. The van der Waals surface area contributed by atoms with Crippen molar-refractivity contribution >= 4 is 23.3 Å². The first kappa shape index (κ1) is 12.7. The number of hydrogen-bond acceptors (Lipinski definition) is 7. The van der Waals surface area contributed by atoms with Crippen LogP contribution in [0.4, 0.5) is 11.4 Å². The number of nitrogens with one attached hydrogen (secondary N) is 1. The molecule has 1 heterocycles. The van der Waals surface area contributed by atoms with Crippen molar-refractivity contribution in [2.45, 2.75) is 19.5 Å². The minimum atomic E-state index is -0.646. The van der Waals surface area contributed by atoms with Gasteiger partial charge in [0.05, 0.1) is 0 Å². The van der Waals surface area contributed by atoms with Gasteiger partial charge in [0, 0.05) is 5.69 Å². The molecule has 98 valence electrons. The van der Waals surface area contributed by atoms with E-state index >= 15 is 0 Å². The lowest BCUT2D eigenvalue weighted by Gasteiger charge is -2.38. The Labute approximate surface area is 110 Å². The molecule has 0 bridgehead atoms. The first-order valence-corrected chi connectivity index (χ1v) is 5.61. The predicted octanol–water partition coefficient (Wildman–Crippen LogP) is 1.05. The third-order valence-corrected chi connectivity index (χ3v) is 2.65. The van der Waals surface area contributed by atoms with Crippen LogP contribution >= 0.6 is 0 Å². The number of guanidine groups is 2. The second-order valence-electron chi connectivity index (χ2n) is 4.49. The lowest BCUT2D eigenvalue weighted by Crippen LogP contribution is -2.54. The van der Waals surface area contributed by atoms with Crippen molar-refractivity contribution in [1.29, 1.82) is 5.53 Å². The molecule has 0 atom stereocenters. The van der Waals surface area contributed by atoms with Crippen molar-refractivity contribution in [2.24, 2.45) is 26.6 Å². The summed E-state index contributed by atoms with van der Waals surface area (Å²) in [5.74, 6) is 0.415. The third kappa shape index (κ3) is 2.43. The number of nitrogens with two attached hydrogens (primary N) is 2. The topological polar surface area (TPSA) is 130 Å². The molecule has 0 unspecified atom stereocenters.